The maximum Gasteiger partial charge on any atom is 0.0351 e. The van der Waals surface area contributed by atoms with Gasteiger partial charge in [0.25, 0.3) is 0 Å². The molecule has 2 nitrogen and oxygen atoms in total. The molecule has 150 valence electrons. The van der Waals surface area contributed by atoms with Gasteiger partial charge in [0.2, 0.25) is 0 Å². The molecular weight excluding hydrogens is 410 g/mol. The Morgan fingerprint density at radius 2 is 0.731 bits per heavy atom. The van der Waals surface area contributed by atoms with Crippen LogP contribution in [0.4, 0.5) is 0 Å². The van der Waals surface area contributed by atoms with Crippen LogP contribution in [0.2, 0.25) is 0 Å². The van der Waals surface area contributed by atoms with E-state index in [1.807, 2.05) is 0 Å². The van der Waals surface area contributed by atoms with Crippen LogP contribution in [0.25, 0.3) is 0 Å². The number of hydrogen-bond donors (Lipinski definition) is 0. The average Bonchev–Trinajstić information content (AvgIpc) is 2.61. The fourth-order valence-corrected chi connectivity index (χ4v) is 4.36. The Bertz CT molecular complexity index is 473. The first-order valence-electron chi connectivity index (χ1n) is 9.17. The lowest BCUT2D eigenvalue weighted by Crippen LogP contribution is -2.30. The van der Waals surface area contributed by atoms with E-state index < -0.39 is 0 Å². The van der Waals surface area contributed by atoms with Crippen LogP contribution < -0.4 is 0 Å². The standard InChI is InChI=1S/C20H32Cl4N2/c1-15-16(2)20(14-26(11-7-23)12-8-24)18(4)17(3)19(15)13-25(9-5-21)10-6-22/h5-14H2,1-4H3. The Labute approximate surface area is 179 Å². The van der Waals surface area contributed by atoms with Crippen LogP contribution >= 0.6 is 46.4 Å². The Balaban J connectivity index is 3.18. The van der Waals surface area contributed by atoms with Gasteiger partial charge in [-0.25, -0.2) is 0 Å². The molecule has 0 bridgehead atoms. The van der Waals surface area contributed by atoms with Crippen molar-refractivity contribution in [3.05, 3.63) is 33.4 Å². The minimum Gasteiger partial charge on any atom is -0.297 e. The summed E-state index contributed by atoms with van der Waals surface area (Å²) in [4.78, 5) is 4.67. The number of nitrogens with zero attached hydrogens (tertiary/aromatic N) is 2. The van der Waals surface area contributed by atoms with E-state index in [0.717, 1.165) is 39.3 Å². The highest BCUT2D eigenvalue weighted by Gasteiger charge is 2.18. The van der Waals surface area contributed by atoms with Crippen LogP contribution in [-0.4, -0.2) is 59.5 Å². The van der Waals surface area contributed by atoms with Gasteiger partial charge in [-0.15, -0.1) is 46.4 Å². The minimum absolute atomic E-state index is 0.622. The van der Waals surface area contributed by atoms with Gasteiger partial charge < -0.3 is 0 Å². The van der Waals surface area contributed by atoms with Crippen molar-refractivity contribution in [1.82, 2.24) is 9.80 Å². The summed E-state index contributed by atoms with van der Waals surface area (Å²) in [6, 6.07) is 0. The van der Waals surface area contributed by atoms with Gasteiger partial charge in [-0.2, -0.15) is 0 Å². The Hall–Kier alpha value is 0.300. The summed E-state index contributed by atoms with van der Waals surface area (Å²) < 4.78 is 0. The van der Waals surface area contributed by atoms with Gasteiger partial charge in [-0.3, -0.25) is 9.80 Å². The van der Waals surface area contributed by atoms with Gasteiger partial charge in [-0.1, -0.05) is 0 Å². The fourth-order valence-electron chi connectivity index (χ4n) is 3.41. The Kier molecular flexibility index (Phi) is 11.9. The molecule has 0 fully saturated rings. The molecule has 0 unspecified atom stereocenters. The molecule has 1 aromatic carbocycles. The van der Waals surface area contributed by atoms with Gasteiger partial charge in [0, 0.05) is 62.8 Å². The van der Waals surface area contributed by atoms with E-state index in [2.05, 4.69) is 37.5 Å². The highest BCUT2D eigenvalue weighted by atomic mass is 35.5. The number of rotatable bonds is 12. The van der Waals surface area contributed by atoms with Crippen molar-refractivity contribution in [2.75, 3.05) is 49.7 Å². The summed E-state index contributed by atoms with van der Waals surface area (Å²) in [5.41, 5.74) is 8.28. The molecule has 0 aliphatic carbocycles. The van der Waals surface area contributed by atoms with Gasteiger partial charge in [0.05, 0.1) is 0 Å². The second kappa shape index (κ2) is 12.7. The summed E-state index contributed by atoms with van der Waals surface area (Å²) >= 11 is 23.9. The fraction of sp³-hybridized carbons (Fsp3) is 0.700. The summed E-state index contributed by atoms with van der Waals surface area (Å²) in [7, 11) is 0. The molecular formula is C20H32Cl4N2. The van der Waals surface area contributed by atoms with Crippen molar-refractivity contribution in [3.8, 4) is 0 Å². The third-order valence-electron chi connectivity index (χ3n) is 5.30. The monoisotopic (exact) mass is 440 g/mol. The number of hydrogen-bond acceptors (Lipinski definition) is 2. The molecule has 0 heterocycles. The predicted molar refractivity (Wildman–Crippen MR) is 119 cm³/mol. The van der Waals surface area contributed by atoms with Gasteiger partial charge >= 0.3 is 0 Å². The zero-order valence-corrected chi connectivity index (χ0v) is 19.5. The van der Waals surface area contributed by atoms with Gasteiger partial charge in [0.15, 0.2) is 0 Å². The van der Waals surface area contributed by atoms with Crippen molar-refractivity contribution in [2.24, 2.45) is 0 Å². The van der Waals surface area contributed by atoms with Crippen molar-refractivity contribution in [3.63, 3.8) is 0 Å². The molecule has 1 rings (SSSR count). The molecule has 0 saturated heterocycles. The van der Waals surface area contributed by atoms with Crippen LogP contribution in [-0.2, 0) is 13.1 Å². The lowest BCUT2D eigenvalue weighted by molar-refractivity contribution is 0.294. The molecule has 0 N–H and O–H groups in total. The topological polar surface area (TPSA) is 6.48 Å². The van der Waals surface area contributed by atoms with E-state index in [1.165, 1.54) is 33.4 Å². The number of alkyl halides is 4. The second-order valence-corrected chi connectivity index (χ2v) is 8.28. The van der Waals surface area contributed by atoms with Crippen molar-refractivity contribution in [1.29, 1.82) is 0 Å². The third-order valence-corrected chi connectivity index (χ3v) is 5.98. The SMILES string of the molecule is Cc1c(C)c(CN(CCCl)CCCl)c(C)c(C)c1CN(CCCl)CCCl. The maximum atomic E-state index is 5.97. The van der Waals surface area contributed by atoms with E-state index >= 15 is 0 Å². The van der Waals surface area contributed by atoms with Crippen molar-refractivity contribution >= 4 is 46.4 Å². The highest BCUT2D eigenvalue weighted by Crippen LogP contribution is 2.29. The molecule has 0 aliphatic heterocycles. The average molecular weight is 442 g/mol. The van der Waals surface area contributed by atoms with Crippen LogP contribution in [0.15, 0.2) is 0 Å². The summed E-state index contributed by atoms with van der Waals surface area (Å²) in [5.74, 6) is 2.49. The van der Waals surface area contributed by atoms with Gasteiger partial charge in [-0.05, 0) is 61.1 Å². The van der Waals surface area contributed by atoms with E-state index in [0.29, 0.717) is 23.5 Å². The molecule has 0 aromatic heterocycles. The van der Waals surface area contributed by atoms with E-state index in [4.69, 9.17) is 46.4 Å². The minimum atomic E-state index is 0.622. The highest BCUT2D eigenvalue weighted by molar-refractivity contribution is 6.18. The van der Waals surface area contributed by atoms with Crippen LogP contribution in [0.1, 0.15) is 33.4 Å². The van der Waals surface area contributed by atoms with E-state index in [9.17, 15) is 0 Å². The smallest absolute Gasteiger partial charge is 0.0351 e. The van der Waals surface area contributed by atoms with E-state index in [-0.39, 0.29) is 0 Å². The molecule has 0 atom stereocenters. The lowest BCUT2D eigenvalue weighted by Gasteiger charge is -2.28. The molecule has 0 amide bonds. The van der Waals surface area contributed by atoms with Crippen molar-refractivity contribution < 1.29 is 0 Å². The summed E-state index contributed by atoms with van der Waals surface area (Å²) in [6.45, 7) is 14.1. The zero-order valence-electron chi connectivity index (χ0n) is 16.5. The van der Waals surface area contributed by atoms with Crippen LogP contribution in [0.3, 0.4) is 0 Å². The molecule has 6 heteroatoms. The molecule has 0 aliphatic rings. The van der Waals surface area contributed by atoms with Crippen molar-refractivity contribution in [2.45, 2.75) is 40.8 Å². The molecule has 1 aromatic rings. The maximum absolute atomic E-state index is 5.97. The molecule has 26 heavy (non-hydrogen) atoms. The summed E-state index contributed by atoms with van der Waals surface area (Å²) in [6.07, 6.45) is 0. The third kappa shape index (κ3) is 6.72. The largest absolute Gasteiger partial charge is 0.297 e. The van der Waals surface area contributed by atoms with Crippen LogP contribution in [0.5, 0.6) is 0 Å². The molecule has 0 saturated carbocycles. The Morgan fingerprint density at radius 3 is 0.923 bits per heavy atom. The van der Waals surface area contributed by atoms with Crippen LogP contribution in [0, 0.1) is 27.7 Å². The first kappa shape index (κ1) is 24.3. The molecule has 0 spiro atoms. The first-order chi connectivity index (χ1) is 12.4. The number of benzene rings is 1. The summed E-state index contributed by atoms with van der Waals surface area (Å²) in [5, 5.41) is 0. The molecule has 0 radical (unpaired) electrons. The quantitative estimate of drug-likeness (QED) is 0.396. The second-order valence-electron chi connectivity index (χ2n) is 6.77. The Morgan fingerprint density at radius 1 is 0.500 bits per heavy atom. The predicted octanol–water partition coefficient (Wildman–Crippen LogP) is 5.48. The van der Waals surface area contributed by atoms with Gasteiger partial charge in [0.1, 0.15) is 0 Å². The number of halogens is 4. The lowest BCUT2D eigenvalue weighted by atomic mass is 9.88. The normalized spacial score (nSPS) is 11.8. The zero-order chi connectivity index (χ0) is 19.7. The first-order valence-corrected chi connectivity index (χ1v) is 11.3. The van der Waals surface area contributed by atoms with E-state index in [1.54, 1.807) is 0 Å².